The first-order chi connectivity index (χ1) is 6.68. The van der Waals surface area contributed by atoms with Crippen molar-refractivity contribution in [2.24, 2.45) is 0 Å². The van der Waals surface area contributed by atoms with Gasteiger partial charge in [-0.15, -0.1) is 0 Å². The van der Waals surface area contributed by atoms with E-state index in [0.29, 0.717) is 32.5 Å². The topological polar surface area (TPSA) is 76.1 Å². The molecule has 0 bridgehead atoms. The molecular weight excluding hydrogens is 188 g/mol. The molecule has 0 radical (unpaired) electrons. The van der Waals surface area contributed by atoms with Crippen molar-refractivity contribution in [2.75, 3.05) is 13.2 Å². The van der Waals surface area contributed by atoms with Crippen LogP contribution in [0.3, 0.4) is 0 Å². The molecule has 1 atom stereocenters. The number of aliphatic carboxylic acids is 1. The highest BCUT2D eigenvalue weighted by molar-refractivity contribution is 5.69. The second-order valence-corrected chi connectivity index (χ2v) is 3.24. The number of carboxylic acid groups (broad SMARTS) is 1. The van der Waals surface area contributed by atoms with Gasteiger partial charge in [-0.25, -0.2) is 0 Å². The van der Waals surface area contributed by atoms with Gasteiger partial charge in [-0.1, -0.05) is 0 Å². The molecule has 1 unspecified atom stereocenters. The molecule has 0 aromatic carbocycles. The standard InChI is InChI=1S/C9H14O5/c10-8(11)3-1-2-4-9(12)14-6-7-5-13-7/h7H,1-6H2,(H,10,11). The molecule has 1 heterocycles. The molecule has 0 spiro atoms. The zero-order chi connectivity index (χ0) is 10.4. The molecule has 0 amide bonds. The van der Waals surface area contributed by atoms with Crippen molar-refractivity contribution in [3.8, 4) is 0 Å². The third-order valence-electron chi connectivity index (χ3n) is 1.85. The largest absolute Gasteiger partial charge is 0.481 e. The second kappa shape index (κ2) is 5.59. The van der Waals surface area contributed by atoms with Gasteiger partial charge in [0.15, 0.2) is 0 Å². The lowest BCUT2D eigenvalue weighted by Gasteiger charge is -2.01. The van der Waals surface area contributed by atoms with Crippen LogP contribution in [0.2, 0.25) is 0 Å². The van der Waals surface area contributed by atoms with Crippen LogP contribution in [0.5, 0.6) is 0 Å². The summed E-state index contributed by atoms with van der Waals surface area (Å²) in [6.07, 6.45) is 1.58. The van der Waals surface area contributed by atoms with Gasteiger partial charge in [0.2, 0.25) is 0 Å². The fourth-order valence-electron chi connectivity index (χ4n) is 0.968. The highest BCUT2D eigenvalue weighted by Crippen LogP contribution is 2.09. The van der Waals surface area contributed by atoms with Crippen molar-refractivity contribution in [3.05, 3.63) is 0 Å². The predicted molar refractivity (Wildman–Crippen MR) is 46.8 cm³/mol. The number of rotatable bonds is 7. The fraction of sp³-hybridized carbons (Fsp3) is 0.778. The smallest absolute Gasteiger partial charge is 0.305 e. The van der Waals surface area contributed by atoms with Crippen LogP contribution in [0.1, 0.15) is 25.7 Å². The van der Waals surface area contributed by atoms with E-state index in [1.807, 2.05) is 0 Å². The van der Waals surface area contributed by atoms with E-state index in [9.17, 15) is 9.59 Å². The van der Waals surface area contributed by atoms with E-state index < -0.39 is 5.97 Å². The van der Waals surface area contributed by atoms with Gasteiger partial charge < -0.3 is 14.6 Å². The number of hydrogen-bond acceptors (Lipinski definition) is 4. The minimum absolute atomic E-state index is 0.0953. The van der Waals surface area contributed by atoms with Gasteiger partial charge in [-0.05, 0) is 12.8 Å². The number of unbranched alkanes of at least 4 members (excludes halogenated alkanes) is 1. The maximum Gasteiger partial charge on any atom is 0.305 e. The van der Waals surface area contributed by atoms with E-state index in [1.54, 1.807) is 0 Å². The summed E-state index contributed by atoms with van der Waals surface area (Å²) in [5.74, 6) is -1.10. The van der Waals surface area contributed by atoms with Gasteiger partial charge in [-0.3, -0.25) is 9.59 Å². The summed E-state index contributed by atoms with van der Waals surface area (Å²) in [4.78, 5) is 21.1. The Hall–Kier alpha value is -1.10. The Labute approximate surface area is 82.0 Å². The summed E-state index contributed by atoms with van der Waals surface area (Å²) in [7, 11) is 0. The van der Waals surface area contributed by atoms with E-state index in [4.69, 9.17) is 14.6 Å². The monoisotopic (exact) mass is 202 g/mol. The lowest BCUT2D eigenvalue weighted by molar-refractivity contribution is -0.144. The zero-order valence-corrected chi connectivity index (χ0v) is 7.90. The maximum absolute atomic E-state index is 11.0. The van der Waals surface area contributed by atoms with E-state index in [2.05, 4.69) is 0 Å². The van der Waals surface area contributed by atoms with Crippen LogP contribution in [0, 0.1) is 0 Å². The summed E-state index contributed by atoms with van der Waals surface area (Å²) in [6, 6.07) is 0. The summed E-state index contributed by atoms with van der Waals surface area (Å²) in [5.41, 5.74) is 0. The number of carboxylic acids is 1. The van der Waals surface area contributed by atoms with Crippen molar-refractivity contribution in [1.29, 1.82) is 0 Å². The first-order valence-corrected chi connectivity index (χ1v) is 4.67. The molecule has 0 saturated carbocycles. The number of hydrogen-bond donors (Lipinski definition) is 1. The molecule has 1 aliphatic rings. The number of epoxide rings is 1. The second-order valence-electron chi connectivity index (χ2n) is 3.24. The van der Waals surface area contributed by atoms with Gasteiger partial charge in [0.05, 0.1) is 6.61 Å². The minimum atomic E-state index is -0.829. The lowest BCUT2D eigenvalue weighted by Crippen LogP contribution is -2.09. The Morgan fingerprint density at radius 1 is 1.36 bits per heavy atom. The molecule has 0 aromatic rings. The molecule has 1 rings (SSSR count). The van der Waals surface area contributed by atoms with Crippen molar-refractivity contribution in [3.63, 3.8) is 0 Å². The molecule has 1 aliphatic heterocycles. The molecule has 14 heavy (non-hydrogen) atoms. The first-order valence-electron chi connectivity index (χ1n) is 4.67. The third-order valence-corrected chi connectivity index (χ3v) is 1.85. The minimum Gasteiger partial charge on any atom is -0.481 e. The summed E-state index contributed by atoms with van der Waals surface area (Å²) >= 11 is 0. The number of carbonyl (C=O) groups is 2. The fourth-order valence-corrected chi connectivity index (χ4v) is 0.968. The molecule has 1 fully saturated rings. The van der Waals surface area contributed by atoms with Crippen molar-refractivity contribution in [2.45, 2.75) is 31.8 Å². The van der Waals surface area contributed by atoms with Crippen LogP contribution in [0.15, 0.2) is 0 Å². The van der Waals surface area contributed by atoms with Crippen molar-refractivity contribution in [1.82, 2.24) is 0 Å². The summed E-state index contributed by atoms with van der Waals surface area (Å²) in [6.45, 7) is 1.00. The van der Waals surface area contributed by atoms with Crippen LogP contribution in [-0.2, 0) is 19.1 Å². The Balaban J connectivity index is 1.88. The van der Waals surface area contributed by atoms with E-state index in [-0.39, 0.29) is 18.5 Å². The summed E-state index contributed by atoms with van der Waals surface area (Å²) < 4.78 is 9.72. The van der Waals surface area contributed by atoms with Crippen molar-refractivity contribution < 1.29 is 24.2 Å². The van der Waals surface area contributed by atoms with E-state index >= 15 is 0 Å². The number of ether oxygens (including phenoxy) is 2. The Morgan fingerprint density at radius 2 is 2.00 bits per heavy atom. The van der Waals surface area contributed by atoms with Gasteiger partial charge in [0, 0.05) is 12.8 Å². The summed E-state index contributed by atoms with van der Waals surface area (Å²) in [5, 5.41) is 8.33. The number of esters is 1. The predicted octanol–water partition coefficient (Wildman–Crippen LogP) is 0.573. The maximum atomic E-state index is 11.0. The average Bonchev–Trinajstić information content (AvgIpc) is 2.92. The van der Waals surface area contributed by atoms with Crippen LogP contribution in [0.4, 0.5) is 0 Å². The highest BCUT2D eigenvalue weighted by atomic mass is 16.6. The Morgan fingerprint density at radius 3 is 2.57 bits per heavy atom. The van der Waals surface area contributed by atoms with Gasteiger partial charge in [-0.2, -0.15) is 0 Å². The zero-order valence-electron chi connectivity index (χ0n) is 7.90. The third kappa shape index (κ3) is 5.53. The Bertz CT molecular complexity index is 209. The van der Waals surface area contributed by atoms with Crippen LogP contribution >= 0.6 is 0 Å². The van der Waals surface area contributed by atoms with Gasteiger partial charge in [0.25, 0.3) is 0 Å². The first kappa shape index (κ1) is 11.0. The normalized spacial score (nSPS) is 19.0. The molecule has 5 heteroatoms. The van der Waals surface area contributed by atoms with Crippen LogP contribution in [0.25, 0.3) is 0 Å². The highest BCUT2D eigenvalue weighted by Gasteiger charge is 2.23. The molecule has 1 N–H and O–H groups in total. The quantitative estimate of drug-likeness (QED) is 0.371. The van der Waals surface area contributed by atoms with Crippen molar-refractivity contribution >= 4 is 11.9 Å². The van der Waals surface area contributed by atoms with Gasteiger partial charge >= 0.3 is 11.9 Å². The van der Waals surface area contributed by atoms with Crippen LogP contribution in [-0.4, -0.2) is 36.4 Å². The number of carbonyl (C=O) groups excluding carboxylic acids is 1. The van der Waals surface area contributed by atoms with Crippen LogP contribution < -0.4 is 0 Å². The molecular formula is C9H14O5. The Kier molecular flexibility index (Phi) is 4.39. The average molecular weight is 202 g/mol. The molecule has 5 nitrogen and oxygen atoms in total. The SMILES string of the molecule is O=C(O)CCCCC(=O)OCC1CO1. The van der Waals surface area contributed by atoms with Gasteiger partial charge in [0.1, 0.15) is 12.7 Å². The molecule has 0 aromatic heterocycles. The molecule has 1 saturated heterocycles. The lowest BCUT2D eigenvalue weighted by atomic mass is 10.2. The molecule has 80 valence electrons. The molecule has 0 aliphatic carbocycles. The van der Waals surface area contributed by atoms with E-state index in [1.165, 1.54) is 0 Å². The van der Waals surface area contributed by atoms with E-state index in [0.717, 1.165) is 0 Å².